The number of nitrogens with zero attached hydrogens (tertiary/aromatic N) is 3. The Bertz CT molecular complexity index is 532. The van der Waals surface area contributed by atoms with Crippen LogP contribution in [0.1, 0.15) is 18.4 Å². The van der Waals surface area contributed by atoms with Gasteiger partial charge in [0.05, 0.1) is 6.54 Å². The van der Waals surface area contributed by atoms with Gasteiger partial charge < -0.3 is 25.2 Å². The Kier molecular flexibility index (Phi) is 9.28. The van der Waals surface area contributed by atoms with E-state index in [-0.39, 0.29) is 0 Å². The Morgan fingerprint density at radius 1 is 1.08 bits per heavy atom. The molecule has 1 aliphatic rings. The Morgan fingerprint density at radius 3 is 2.62 bits per heavy atom. The van der Waals surface area contributed by atoms with Crippen LogP contribution in [0.4, 0.5) is 0 Å². The molecule has 1 aliphatic heterocycles. The van der Waals surface area contributed by atoms with E-state index in [4.69, 9.17) is 4.74 Å². The fraction of sp³-hybridized carbons (Fsp3) is 0.650. The van der Waals surface area contributed by atoms with Crippen molar-refractivity contribution in [1.29, 1.82) is 0 Å². The Labute approximate surface area is 158 Å². The van der Waals surface area contributed by atoms with Crippen LogP contribution >= 0.6 is 0 Å². The van der Waals surface area contributed by atoms with E-state index in [9.17, 15) is 0 Å². The Balaban J connectivity index is 1.54. The standard InChI is InChI=1S/C20H35N5O/c1-18-6-8-19(9-7-18)26-17-11-23-20(21-2)22-10-4-13-25-14-5-12-24(3)15-16-25/h6-9H,4-5,10-17H2,1-3H3,(H2,21,22,23). The fourth-order valence-electron chi connectivity index (χ4n) is 3.03. The largest absolute Gasteiger partial charge is 0.492 e. The lowest BCUT2D eigenvalue weighted by Gasteiger charge is -2.20. The maximum atomic E-state index is 5.73. The van der Waals surface area contributed by atoms with Gasteiger partial charge in [0.25, 0.3) is 0 Å². The van der Waals surface area contributed by atoms with Crippen molar-refractivity contribution in [3.05, 3.63) is 29.8 Å². The molecule has 1 fully saturated rings. The van der Waals surface area contributed by atoms with Crippen LogP contribution < -0.4 is 15.4 Å². The van der Waals surface area contributed by atoms with Gasteiger partial charge in [-0.1, -0.05) is 17.7 Å². The number of ether oxygens (including phenoxy) is 1. The predicted molar refractivity (Wildman–Crippen MR) is 109 cm³/mol. The minimum Gasteiger partial charge on any atom is -0.492 e. The number of hydrogen-bond acceptors (Lipinski definition) is 4. The molecule has 1 aromatic rings. The topological polar surface area (TPSA) is 52.1 Å². The highest BCUT2D eigenvalue weighted by molar-refractivity contribution is 5.79. The quantitative estimate of drug-likeness (QED) is 0.418. The molecule has 1 aromatic carbocycles. The summed E-state index contributed by atoms with van der Waals surface area (Å²) in [6.07, 6.45) is 2.40. The zero-order valence-electron chi connectivity index (χ0n) is 16.6. The number of aryl methyl sites for hydroxylation is 1. The van der Waals surface area contributed by atoms with Gasteiger partial charge in [-0.2, -0.15) is 0 Å². The van der Waals surface area contributed by atoms with Gasteiger partial charge in [-0.3, -0.25) is 4.99 Å². The maximum absolute atomic E-state index is 5.73. The van der Waals surface area contributed by atoms with E-state index < -0.39 is 0 Å². The first-order valence-electron chi connectivity index (χ1n) is 9.72. The average Bonchev–Trinajstić information content (AvgIpc) is 2.86. The summed E-state index contributed by atoms with van der Waals surface area (Å²) >= 11 is 0. The van der Waals surface area contributed by atoms with Gasteiger partial charge in [-0.05, 0) is 58.6 Å². The van der Waals surface area contributed by atoms with Crippen molar-refractivity contribution >= 4 is 5.96 Å². The number of nitrogens with one attached hydrogen (secondary N) is 2. The third-order valence-electron chi connectivity index (χ3n) is 4.66. The van der Waals surface area contributed by atoms with Gasteiger partial charge in [0.1, 0.15) is 12.4 Å². The molecule has 0 unspecified atom stereocenters. The van der Waals surface area contributed by atoms with Crippen molar-refractivity contribution in [2.45, 2.75) is 19.8 Å². The lowest BCUT2D eigenvalue weighted by Crippen LogP contribution is -2.40. The van der Waals surface area contributed by atoms with Gasteiger partial charge in [0, 0.05) is 26.7 Å². The van der Waals surface area contributed by atoms with Crippen LogP contribution in [0.5, 0.6) is 5.75 Å². The van der Waals surface area contributed by atoms with E-state index in [1.54, 1.807) is 7.05 Å². The second-order valence-corrected chi connectivity index (χ2v) is 6.94. The molecular weight excluding hydrogens is 326 g/mol. The van der Waals surface area contributed by atoms with E-state index in [0.29, 0.717) is 6.61 Å². The van der Waals surface area contributed by atoms with Crippen molar-refractivity contribution in [3.63, 3.8) is 0 Å². The molecule has 0 aromatic heterocycles. The van der Waals surface area contributed by atoms with Gasteiger partial charge in [0.15, 0.2) is 5.96 Å². The zero-order valence-corrected chi connectivity index (χ0v) is 16.6. The normalized spacial score (nSPS) is 17.0. The van der Waals surface area contributed by atoms with Crippen LogP contribution in [0.3, 0.4) is 0 Å². The summed E-state index contributed by atoms with van der Waals surface area (Å²) in [5.74, 6) is 1.75. The van der Waals surface area contributed by atoms with Crippen molar-refractivity contribution in [3.8, 4) is 5.75 Å². The van der Waals surface area contributed by atoms with Gasteiger partial charge in [-0.25, -0.2) is 0 Å². The monoisotopic (exact) mass is 361 g/mol. The summed E-state index contributed by atoms with van der Waals surface area (Å²) in [5.41, 5.74) is 1.24. The smallest absolute Gasteiger partial charge is 0.191 e. The predicted octanol–water partition coefficient (Wildman–Crippen LogP) is 1.57. The van der Waals surface area contributed by atoms with Crippen molar-refractivity contribution in [1.82, 2.24) is 20.4 Å². The Hall–Kier alpha value is -1.79. The summed E-state index contributed by atoms with van der Waals surface area (Å²) in [7, 11) is 4.02. The first-order valence-corrected chi connectivity index (χ1v) is 9.72. The zero-order chi connectivity index (χ0) is 18.6. The van der Waals surface area contributed by atoms with Gasteiger partial charge in [-0.15, -0.1) is 0 Å². The molecule has 0 atom stereocenters. The molecule has 2 N–H and O–H groups in total. The SMILES string of the molecule is CN=C(NCCCN1CCCN(C)CC1)NCCOc1ccc(C)cc1. The van der Waals surface area contributed by atoms with Gasteiger partial charge >= 0.3 is 0 Å². The fourth-order valence-corrected chi connectivity index (χ4v) is 3.03. The molecular formula is C20H35N5O. The molecule has 1 heterocycles. The molecule has 1 saturated heterocycles. The van der Waals surface area contributed by atoms with Crippen molar-refractivity contribution in [2.75, 3.05) is 66.5 Å². The summed E-state index contributed by atoms with van der Waals surface area (Å²) in [4.78, 5) is 9.26. The first kappa shape index (κ1) is 20.5. The molecule has 0 bridgehead atoms. The summed E-state index contributed by atoms with van der Waals surface area (Å²) in [5, 5.41) is 6.68. The van der Waals surface area contributed by atoms with E-state index in [1.165, 1.54) is 38.2 Å². The highest BCUT2D eigenvalue weighted by atomic mass is 16.5. The molecule has 6 nitrogen and oxygen atoms in total. The molecule has 0 saturated carbocycles. The van der Waals surface area contributed by atoms with Crippen molar-refractivity contribution < 1.29 is 4.74 Å². The molecule has 0 amide bonds. The summed E-state index contributed by atoms with van der Waals surface area (Å²) in [6.45, 7) is 10.3. The molecule has 0 aliphatic carbocycles. The number of hydrogen-bond donors (Lipinski definition) is 2. The van der Waals surface area contributed by atoms with E-state index in [2.05, 4.69) is 51.5 Å². The molecule has 146 valence electrons. The van der Waals surface area contributed by atoms with E-state index >= 15 is 0 Å². The average molecular weight is 362 g/mol. The highest BCUT2D eigenvalue weighted by Gasteiger charge is 2.11. The number of guanidine groups is 1. The van der Waals surface area contributed by atoms with Gasteiger partial charge in [0.2, 0.25) is 0 Å². The number of benzene rings is 1. The molecule has 2 rings (SSSR count). The Morgan fingerprint density at radius 2 is 1.85 bits per heavy atom. The lowest BCUT2D eigenvalue weighted by molar-refractivity contribution is 0.273. The minimum absolute atomic E-state index is 0.616. The molecule has 6 heteroatoms. The third-order valence-corrected chi connectivity index (χ3v) is 4.66. The van der Waals surface area contributed by atoms with Crippen LogP contribution in [-0.2, 0) is 0 Å². The van der Waals surface area contributed by atoms with Crippen LogP contribution in [0.2, 0.25) is 0 Å². The molecule has 0 radical (unpaired) electrons. The highest BCUT2D eigenvalue weighted by Crippen LogP contribution is 2.10. The summed E-state index contributed by atoms with van der Waals surface area (Å²) < 4.78 is 5.73. The van der Waals surface area contributed by atoms with Crippen LogP contribution in [0.15, 0.2) is 29.3 Å². The molecule has 0 spiro atoms. The minimum atomic E-state index is 0.616. The number of aliphatic imine (C=N–C) groups is 1. The first-order chi connectivity index (χ1) is 12.7. The van der Waals surface area contributed by atoms with E-state index in [1.807, 2.05) is 12.1 Å². The van der Waals surface area contributed by atoms with Crippen LogP contribution in [-0.4, -0.2) is 82.3 Å². The maximum Gasteiger partial charge on any atom is 0.191 e. The van der Waals surface area contributed by atoms with E-state index in [0.717, 1.165) is 37.8 Å². The lowest BCUT2D eigenvalue weighted by atomic mass is 10.2. The summed E-state index contributed by atoms with van der Waals surface area (Å²) in [6, 6.07) is 8.13. The molecule has 26 heavy (non-hydrogen) atoms. The second-order valence-electron chi connectivity index (χ2n) is 6.94. The second kappa shape index (κ2) is 11.8. The van der Waals surface area contributed by atoms with Crippen molar-refractivity contribution in [2.24, 2.45) is 4.99 Å². The third kappa shape index (κ3) is 8.06. The van der Waals surface area contributed by atoms with Crippen LogP contribution in [0.25, 0.3) is 0 Å². The number of rotatable bonds is 8. The number of likely N-dealkylation sites (N-methyl/N-ethyl adjacent to an activating group) is 1. The van der Waals surface area contributed by atoms with Crippen LogP contribution in [0, 0.1) is 6.92 Å².